The Balaban J connectivity index is 2.86. The zero-order chi connectivity index (χ0) is 12.1. The van der Waals surface area contributed by atoms with E-state index in [1.54, 1.807) is 24.3 Å². The van der Waals surface area contributed by atoms with Gasteiger partial charge in [0, 0.05) is 4.47 Å². The molecule has 0 bridgehead atoms. The molecule has 0 aliphatic carbocycles. The van der Waals surface area contributed by atoms with Gasteiger partial charge in [0.1, 0.15) is 6.07 Å². The number of nitrogens with one attached hydrogen (secondary N) is 2. The van der Waals surface area contributed by atoms with Crippen molar-refractivity contribution in [2.45, 2.75) is 0 Å². The highest BCUT2D eigenvalue weighted by Gasteiger charge is 2.02. The number of hydrazone groups is 1. The largest absolute Gasteiger partial charge is 0.382 e. The van der Waals surface area contributed by atoms with Gasteiger partial charge < -0.3 is 5.73 Å². The molecule has 1 aromatic carbocycles. The van der Waals surface area contributed by atoms with Crippen LogP contribution in [-0.4, -0.2) is 11.5 Å². The lowest BCUT2D eigenvalue weighted by Crippen LogP contribution is -2.21. The van der Waals surface area contributed by atoms with Crippen molar-refractivity contribution in [3.05, 3.63) is 27.7 Å². The van der Waals surface area contributed by atoms with Crippen LogP contribution in [0.25, 0.3) is 0 Å². The van der Waals surface area contributed by atoms with Crippen LogP contribution in [0, 0.1) is 16.7 Å². The molecule has 0 aliphatic heterocycles. The van der Waals surface area contributed by atoms with Crippen LogP contribution < -0.4 is 11.2 Å². The highest BCUT2D eigenvalue weighted by atomic mass is 79.9. The van der Waals surface area contributed by atoms with Gasteiger partial charge in [0.05, 0.1) is 10.7 Å². The zero-order valence-corrected chi connectivity index (χ0v) is 10.3. The SMILES string of the molecule is N#C/C(=N\Nc1ccc(Cl)c(Br)c1)C(=N)N. The Labute approximate surface area is 106 Å². The van der Waals surface area contributed by atoms with Crippen molar-refractivity contribution < 1.29 is 0 Å². The number of hydrogen-bond acceptors (Lipinski definition) is 4. The number of rotatable bonds is 3. The molecule has 0 aliphatic rings. The minimum absolute atomic E-state index is 0.175. The third-order valence-corrected chi connectivity index (χ3v) is 2.79. The fourth-order valence-corrected chi connectivity index (χ4v) is 1.33. The van der Waals surface area contributed by atoms with Crippen LogP contribution in [0.5, 0.6) is 0 Å². The number of amidine groups is 1. The van der Waals surface area contributed by atoms with Crippen LogP contribution in [0.15, 0.2) is 27.8 Å². The van der Waals surface area contributed by atoms with Crippen molar-refractivity contribution in [3.8, 4) is 6.07 Å². The van der Waals surface area contributed by atoms with Crippen LogP contribution in [0.4, 0.5) is 5.69 Å². The van der Waals surface area contributed by atoms with E-state index in [0.29, 0.717) is 15.2 Å². The number of nitrogens with zero attached hydrogens (tertiary/aromatic N) is 2. The van der Waals surface area contributed by atoms with E-state index in [0.717, 1.165) is 0 Å². The summed E-state index contributed by atoms with van der Waals surface area (Å²) in [7, 11) is 0. The lowest BCUT2D eigenvalue weighted by Gasteiger charge is -2.02. The Hall–Kier alpha value is -1.58. The smallest absolute Gasteiger partial charge is 0.201 e. The van der Waals surface area contributed by atoms with Crippen molar-refractivity contribution in [3.63, 3.8) is 0 Å². The number of nitriles is 1. The molecule has 5 nitrogen and oxygen atoms in total. The summed E-state index contributed by atoms with van der Waals surface area (Å²) in [5.41, 5.74) is 8.18. The Morgan fingerprint density at radius 1 is 1.62 bits per heavy atom. The van der Waals surface area contributed by atoms with E-state index in [9.17, 15) is 0 Å². The average molecular weight is 301 g/mol. The first-order chi connectivity index (χ1) is 7.54. The average Bonchev–Trinajstić information content (AvgIpc) is 2.23. The van der Waals surface area contributed by atoms with Crippen LogP contribution in [-0.2, 0) is 0 Å². The normalized spacial score (nSPS) is 10.7. The molecular weight excluding hydrogens is 293 g/mol. The van der Waals surface area contributed by atoms with Gasteiger partial charge in [0.25, 0.3) is 0 Å². The molecule has 0 radical (unpaired) electrons. The summed E-state index contributed by atoms with van der Waals surface area (Å²) in [5, 5.41) is 19.9. The second-order valence-corrected chi connectivity index (χ2v) is 3.99. The molecule has 1 rings (SSSR count). The summed E-state index contributed by atoms with van der Waals surface area (Å²) in [4.78, 5) is 0. The number of halogens is 2. The lowest BCUT2D eigenvalue weighted by molar-refractivity contribution is 1.33. The zero-order valence-electron chi connectivity index (χ0n) is 7.96. The summed E-state index contributed by atoms with van der Waals surface area (Å²) in [6.45, 7) is 0. The Morgan fingerprint density at radius 2 is 2.31 bits per heavy atom. The highest BCUT2D eigenvalue weighted by Crippen LogP contribution is 2.25. The number of benzene rings is 1. The molecule has 0 saturated carbocycles. The quantitative estimate of drug-likeness (QED) is 0.454. The lowest BCUT2D eigenvalue weighted by atomic mass is 10.3. The van der Waals surface area contributed by atoms with Gasteiger partial charge in [-0.1, -0.05) is 11.6 Å². The molecule has 0 aromatic heterocycles. The van der Waals surface area contributed by atoms with Crippen LogP contribution in [0.2, 0.25) is 5.02 Å². The minimum atomic E-state index is -0.386. The first kappa shape index (κ1) is 12.5. The Morgan fingerprint density at radius 3 is 2.81 bits per heavy atom. The second kappa shape index (κ2) is 5.49. The van der Waals surface area contributed by atoms with E-state index in [2.05, 4.69) is 26.5 Å². The van der Waals surface area contributed by atoms with Gasteiger partial charge in [0.15, 0.2) is 5.84 Å². The fourth-order valence-electron chi connectivity index (χ4n) is 0.832. The molecule has 0 saturated heterocycles. The van der Waals surface area contributed by atoms with Crippen molar-refractivity contribution in [1.82, 2.24) is 0 Å². The standard InChI is InChI=1S/C9H7BrClN5/c10-6-3-5(1-2-7(6)11)15-16-8(4-12)9(13)14/h1-3,15H,(H3,13,14)/b16-8+. The summed E-state index contributed by atoms with van der Waals surface area (Å²) in [6, 6.07) is 6.75. The first-order valence-corrected chi connectivity index (χ1v) is 5.25. The van der Waals surface area contributed by atoms with E-state index in [-0.39, 0.29) is 11.5 Å². The van der Waals surface area contributed by atoms with Gasteiger partial charge >= 0.3 is 0 Å². The van der Waals surface area contributed by atoms with Crippen molar-refractivity contribution in [2.75, 3.05) is 5.43 Å². The van der Waals surface area contributed by atoms with E-state index < -0.39 is 0 Å². The predicted octanol–water partition coefficient (Wildman–Crippen LogP) is 2.33. The van der Waals surface area contributed by atoms with Crippen molar-refractivity contribution >= 4 is 44.8 Å². The second-order valence-electron chi connectivity index (χ2n) is 2.73. The van der Waals surface area contributed by atoms with Crippen molar-refractivity contribution in [1.29, 1.82) is 10.7 Å². The molecule has 0 spiro atoms. The van der Waals surface area contributed by atoms with E-state index in [4.69, 9.17) is 28.0 Å². The molecule has 0 atom stereocenters. The summed E-state index contributed by atoms with van der Waals surface area (Å²) < 4.78 is 0.704. The molecule has 1 aromatic rings. The molecule has 0 unspecified atom stereocenters. The summed E-state index contributed by atoms with van der Waals surface area (Å²) >= 11 is 9.05. The third kappa shape index (κ3) is 3.22. The van der Waals surface area contributed by atoms with Gasteiger partial charge in [-0.3, -0.25) is 10.8 Å². The maximum atomic E-state index is 8.60. The van der Waals surface area contributed by atoms with Crippen LogP contribution >= 0.6 is 27.5 Å². The highest BCUT2D eigenvalue weighted by molar-refractivity contribution is 9.10. The van der Waals surface area contributed by atoms with Gasteiger partial charge in [-0.05, 0) is 34.1 Å². The minimum Gasteiger partial charge on any atom is -0.382 e. The maximum Gasteiger partial charge on any atom is 0.201 e. The molecule has 82 valence electrons. The third-order valence-electron chi connectivity index (χ3n) is 1.58. The Bertz CT molecular complexity index is 491. The monoisotopic (exact) mass is 299 g/mol. The van der Waals surface area contributed by atoms with Gasteiger partial charge in [-0.15, -0.1) is 0 Å². The first-order valence-electron chi connectivity index (χ1n) is 4.08. The summed E-state index contributed by atoms with van der Waals surface area (Å²) in [6.07, 6.45) is 0. The molecule has 0 heterocycles. The molecule has 0 amide bonds. The van der Waals surface area contributed by atoms with E-state index in [1.807, 2.05) is 0 Å². The van der Waals surface area contributed by atoms with Crippen molar-refractivity contribution in [2.24, 2.45) is 10.8 Å². The van der Waals surface area contributed by atoms with Gasteiger partial charge in [-0.2, -0.15) is 10.4 Å². The topological polar surface area (TPSA) is 98.0 Å². The molecular formula is C9H7BrClN5. The predicted molar refractivity (Wildman–Crippen MR) is 67.7 cm³/mol. The number of anilines is 1. The number of nitrogens with two attached hydrogens (primary N) is 1. The molecule has 0 fully saturated rings. The Kier molecular flexibility index (Phi) is 4.28. The van der Waals surface area contributed by atoms with E-state index >= 15 is 0 Å². The fraction of sp³-hybridized carbons (Fsp3) is 0. The van der Waals surface area contributed by atoms with Crippen LogP contribution in [0.3, 0.4) is 0 Å². The molecule has 16 heavy (non-hydrogen) atoms. The van der Waals surface area contributed by atoms with E-state index in [1.165, 1.54) is 0 Å². The maximum absolute atomic E-state index is 8.60. The van der Waals surface area contributed by atoms with Gasteiger partial charge in [0.2, 0.25) is 5.71 Å². The molecule has 7 heteroatoms. The van der Waals surface area contributed by atoms with Gasteiger partial charge in [-0.25, -0.2) is 0 Å². The summed E-state index contributed by atoms with van der Waals surface area (Å²) in [5.74, 6) is -0.386. The van der Waals surface area contributed by atoms with Crippen LogP contribution in [0.1, 0.15) is 0 Å². The molecule has 4 N–H and O–H groups in total. The number of hydrogen-bond donors (Lipinski definition) is 3.